The summed E-state index contributed by atoms with van der Waals surface area (Å²) < 4.78 is 34.6. The van der Waals surface area contributed by atoms with Crippen LogP contribution in [0.1, 0.15) is 41.9 Å². The lowest BCUT2D eigenvalue weighted by Crippen LogP contribution is -2.35. The third-order valence-corrected chi connectivity index (χ3v) is 6.94. The zero-order valence-electron chi connectivity index (χ0n) is 16.3. The lowest BCUT2D eigenvalue weighted by atomic mass is 10.1. The van der Waals surface area contributed by atoms with Gasteiger partial charge in [-0.05, 0) is 74.4 Å². The predicted octanol–water partition coefficient (Wildman–Crippen LogP) is 5.21. The summed E-state index contributed by atoms with van der Waals surface area (Å²) in [6.45, 7) is 1.92. The highest BCUT2D eigenvalue weighted by Gasteiger charge is 2.37. The second-order valence-electron chi connectivity index (χ2n) is 7.28. The summed E-state index contributed by atoms with van der Waals surface area (Å²) in [6.07, 6.45) is 3.45. The van der Waals surface area contributed by atoms with Crippen LogP contribution < -0.4 is 4.72 Å². The number of furan rings is 1. The van der Waals surface area contributed by atoms with Crippen LogP contribution in [0.3, 0.4) is 0 Å². The van der Waals surface area contributed by atoms with Crippen LogP contribution in [-0.2, 0) is 10.0 Å². The highest BCUT2D eigenvalue weighted by Crippen LogP contribution is 2.36. The van der Waals surface area contributed by atoms with Gasteiger partial charge in [0.15, 0.2) is 0 Å². The van der Waals surface area contributed by atoms with Gasteiger partial charge in [-0.25, -0.2) is 8.42 Å². The first-order valence-corrected chi connectivity index (χ1v) is 11.9. The van der Waals surface area contributed by atoms with Gasteiger partial charge in [-0.15, -0.1) is 0 Å². The monoisotopic (exact) mass is 488 g/mol. The van der Waals surface area contributed by atoms with E-state index < -0.39 is 10.0 Å². The first-order chi connectivity index (χ1) is 14.3. The maximum atomic E-state index is 13.3. The maximum absolute atomic E-state index is 13.3. The number of halogens is 1. The molecule has 1 aliphatic rings. The van der Waals surface area contributed by atoms with Gasteiger partial charge in [-0.1, -0.05) is 22.0 Å². The fraction of sp³-hybridized carbons (Fsp3) is 0.227. The van der Waals surface area contributed by atoms with Gasteiger partial charge >= 0.3 is 0 Å². The maximum Gasteiger partial charge on any atom is 0.261 e. The molecule has 1 heterocycles. The number of nitrogens with zero attached hydrogens (tertiary/aromatic N) is 1. The number of rotatable bonds is 7. The van der Waals surface area contributed by atoms with Crippen LogP contribution in [0.15, 0.2) is 80.7 Å². The summed E-state index contributed by atoms with van der Waals surface area (Å²) in [5.74, 6) is 0.498. The van der Waals surface area contributed by atoms with E-state index in [-0.39, 0.29) is 22.9 Å². The molecule has 0 bridgehead atoms. The third kappa shape index (κ3) is 4.44. The van der Waals surface area contributed by atoms with E-state index in [9.17, 15) is 13.2 Å². The number of carbonyl (C=O) groups excluding carboxylic acids is 1. The normalized spacial score (nSPS) is 14.9. The quantitative estimate of drug-likeness (QED) is 0.494. The van der Waals surface area contributed by atoms with Crippen LogP contribution in [-0.4, -0.2) is 25.3 Å². The van der Waals surface area contributed by atoms with Crippen molar-refractivity contribution in [2.45, 2.75) is 36.7 Å². The SMILES string of the molecule is CC(c1ccco1)N(C(=O)c1cccc(S(=O)(=O)Nc2ccc(Br)cc2)c1)C1CC1. The summed E-state index contributed by atoms with van der Waals surface area (Å²) >= 11 is 3.33. The number of benzene rings is 2. The second-order valence-corrected chi connectivity index (χ2v) is 9.87. The molecule has 1 N–H and O–H groups in total. The van der Waals surface area contributed by atoms with E-state index >= 15 is 0 Å². The molecule has 156 valence electrons. The smallest absolute Gasteiger partial charge is 0.261 e. The summed E-state index contributed by atoms with van der Waals surface area (Å²) in [4.78, 5) is 15.1. The molecule has 1 atom stereocenters. The van der Waals surface area contributed by atoms with Crippen molar-refractivity contribution < 1.29 is 17.6 Å². The van der Waals surface area contributed by atoms with Gasteiger partial charge in [0.25, 0.3) is 15.9 Å². The molecular formula is C22H21BrN2O4S. The Hall–Kier alpha value is -2.58. The molecule has 4 rings (SSSR count). The first kappa shape index (κ1) is 20.7. The van der Waals surface area contributed by atoms with Gasteiger partial charge in [0.1, 0.15) is 5.76 Å². The fourth-order valence-corrected chi connectivity index (χ4v) is 4.72. The fourth-order valence-electron chi connectivity index (χ4n) is 3.35. The summed E-state index contributed by atoms with van der Waals surface area (Å²) in [6, 6.07) is 16.5. The van der Waals surface area contributed by atoms with Crippen molar-refractivity contribution in [1.29, 1.82) is 0 Å². The number of nitrogens with one attached hydrogen (secondary N) is 1. The highest BCUT2D eigenvalue weighted by molar-refractivity contribution is 9.10. The van der Waals surface area contributed by atoms with Gasteiger partial charge in [0.2, 0.25) is 0 Å². The van der Waals surface area contributed by atoms with E-state index in [1.165, 1.54) is 12.1 Å². The minimum absolute atomic E-state index is 0.0395. The molecule has 0 aliphatic heterocycles. The van der Waals surface area contributed by atoms with Gasteiger partial charge in [0.05, 0.1) is 17.2 Å². The number of sulfonamides is 1. The van der Waals surface area contributed by atoms with E-state index in [4.69, 9.17) is 4.42 Å². The highest BCUT2D eigenvalue weighted by atomic mass is 79.9. The first-order valence-electron chi connectivity index (χ1n) is 9.60. The molecule has 1 fully saturated rings. The molecule has 1 saturated carbocycles. The van der Waals surface area contributed by atoms with Gasteiger partial charge in [-0.3, -0.25) is 9.52 Å². The molecule has 30 heavy (non-hydrogen) atoms. The molecule has 6 nitrogen and oxygen atoms in total. The van der Waals surface area contributed by atoms with Crippen LogP contribution in [0.25, 0.3) is 0 Å². The number of amides is 1. The standard InChI is InChI=1S/C22H21BrN2O4S/c1-15(21-6-3-13-29-21)25(19-11-12-19)22(26)16-4-2-5-20(14-16)30(27,28)24-18-9-7-17(23)8-10-18/h2-10,13-15,19,24H,11-12H2,1H3. The molecule has 0 spiro atoms. The van der Waals surface area contributed by atoms with Gasteiger partial charge < -0.3 is 9.32 Å². The Kier molecular flexibility index (Phi) is 5.71. The summed E-state index contributed by atoms with van der Waals surface area (Å²) in [7, 11) is -3.83. The topological polar surface area (TPSA) is 79.6 Å². The average Bonchev–Trinajstić information content (AvgIpc) is 3.40. The predicted molar refractivity (Wildman–Crippen MR) is 118 cm³/mol. The largest absolute Gasteiger partial charge is 0.467 e. The summed E-state index contributed by atoms with van der Waals surface area (Å²) in [5.41, 5.74) is 0.778. The zero-order chi connectivity index (χ0) is 21.3. The van der Waals surface area contributed by atoms with Crippen LogP contribution in [0.5, 0.6) is 0 Å². The lowest BCUT2D eigenvalue weighted by molar-refractivity contribution is 0.0652. The molecule has 0 radical (unpaired) electrons. The van der Waals surface area contributed by atoms with Crippen LogP contribution in [0.4, 0.5) is 5.69 Å². The molecule has 3 aromatic rings. The molecule has 0 saturated heterocycles. The average molecular weight is 489 g/mol. The zero-order valence-corrected chi connectivity index (χ0v) is 18.7. The molecule has 1 amide bonds. The Bertz CT molecular complexity index is 1140. The number of hydrogen-bond donors (Lipinski definition) is 1. The Morgan fingerprint density at radius 3 is 2.50 bits per heavy atom. The number of carbonyl (C=O) groups is 1. The van der Waals surface area contributed by atoms with Gasteiger partial charge in [0, 0.05) is 21.8 Å². The lowest BCUT2D eigenvalue weighted by Gasteiger charge is -2.28. The van der Waals surface area contributed by atoms with Crippen LogP contribution in [0, 0.1) is 0 Å². The van der Waals surface area contributed by atoms with Crippen molar-refractivity contribution in [2.24, 2.45) is 0 Å². The van der Waals surface area contributed by atoms with Crippen LogP contribution in [0.2, 0.25) is 0 Å². The molecular weight excluding hydrogens is 468 g/mol. The van der Waals surface area contributed by atoms with Crippen molar-refractivity contribution in [3.63, 3.8) is 0 Å². The van der Waals surface area contributed by atoms with E-state index in [1.54, 1.807) is 53.6 Å². The minimum Gasteiger partial charge on any atom is -0.467 e. The van der Waals surface area contributed by atoms with Crippen molar-refractivity contribution >= 4 is 37.5 Å². The Morgan fingerprint density at radius 1 is 1.13 bits per heavy atom. The van der Waals surface area contributed by atoms with E-state index in [0.29, 0.717) is 17.0 Å². The van der Waals surface area contributed by atoms with Crippen LogP contribution >= 0.6 is 15.9 Å². The molecule has 1 aliphatic carbocycles. The van der Waals surface area contributed by atoms with Crippen molar-refractivity contribution in [2.75, 3.05) is 4.72 Å². The van der Waals surface area contributed by atoms with Crippen molar-refractivity contribution in [3.8, 4) is 0 Å². The number of hydrogen-bond acceptors (Lipinski definition) is 4. The molecule has 8 heteroatoms. The molecule has 1 unspecified atom stereocenters. The van der Waals surface area contributed by atoms with Crippen molar-refractivity contribution in [1.82, 2.24) is 4.90 Å². The van der Waals surface area contributed by atoms with Gasteiger partial charge in [-0.2, -0.15) is 0 Å². The van der Waals surface area contributed by atoms with E-state index in [1.807, 2.05) is 13.0 Å². The molecule has 1 aromatic heterocycles. The number of anilines is 1. The third-order valence-electron chi connectivity index (χ3n) is 5.03. The Morgan fingerprint density at radius 2 is 1.87 bits per heavy atom. The molecule has 2 aromatic carbocycles. The minimum atomic E-state index is -3.83. The summed E-state index contributed by atoms with van der Waals surface area (Å²) in [5, 5.41) is 0. The van der Waals surface area contributed by atoms with E-state index in [0.717, 1.165) is 17.3 Å². The van der Waals surface area contributed by atoms with E-state index in [2.05, 4.69) is 20.7 Å². The Labute approximate surface area is 184 Å². The second kappa shape index (κ2) is 8.28. The van der Waals surface area contributed by atoms with Crippen molar-refractivity contribution in [3.05, 3.63) is 82.7 Å². The Balaban J connectivity index is 1.60.